The van der Waals surface area contributed by atoms with E-state index in [2.05, 4.69) is 12.1 Å². The number of sulfonamides is 1. The lowest BCUT2D eigenvalue weighted by molar-refractivity contribution is 0.0785. The standard InChI is InChI=1S/C20H24N2O3S2/c1-14-11-17-12-16(7-10-19(17)22(14)27(4,24)25)20(23)21(2)13-15-5-8-18(26-3)9-6-15/h5-10,12,14H,11,13H2,1-4H3/t14-/m1/s1. The lowest BCUT2D eigenvalue weighted by Crippen LogP contribution is -2.34. The van der Waals surface area contributed by atoms with Gasteiger partial charge in [0.1, 0.15) is 0 Å². The number of rotatable bonds is 5. The molecule has 2 aromatic rings. The fourth-order valence-electron chi connectivity index (χ4n) is 3.54. The number of anilines is 1. The second-order valence-electron chi connectivity index (χ2n) is 6.96. The van der Waals surface area contributed by atoms with Gasteiger partial charge in [-0.1, -0.05) is 12.1 Å². The molecule has 3 rings (SSSR count). The maximum atomic E-state index is 12.8. The Morgan fingerprint density at radius 3 is 2.48 bits per heavy atom. The molecule has 0 aliphatic carbocycles. The lowest BCUT2D eigenvalue weighted by Gasteiger charge is -2.22. The summed E-state index contributed by atoms with van der Waals surface area (Å²) in [6.45, 7) is 2.41. The van der Waals surface area contributed by atoms with Crippen LogP contribution in [0, 0.1) is 0 Å². The van der Waals surface area contributed by atoms with Crippen LogP contribution < -0.4 is 4.31 Å². The van der Waals surface area contributed by atoms with E-state index in [1.54, 1.807) is 35.8 Å². The molecule has 0 unspecified atom stereocenters. The van der Waals surface area contributed by atoms with Gasteiger partial charge in [0.05, 0.1) is 11.9 Å². The van der Waals surface area contributed by atoms with Crippen molar-refractivity contribution >= 4 is 33.4 Å². The third kappa shape index (κ3) is 4.14. The highest BCUT2D eigenvalue weighted by molar-refractivity contribution is 7.98. The summed E-state index contributed by atoms with van der Waals surface area (Å²) in [6, 6.07) is 13.3. The molecule has 1 atom stereocenters. The molecule has 0 saturated heterocycles. The Labute approximate surface area is 165 Å². The lowest BCUT2D eigenvalue weighted by atomic mass is 10.1. The topological polar surface area (TPSA) is 57.7 Å². The van der Waals surface area contributed by atoms with Crippen molar-refractivity contribution < 1.29 is 13.2 Å². The zero-order chi connectivity index (χ0) is 19.8. The molecule has 1 heterocycles. The molecule has 1 aliphatic heterocycles. The van der Waals surface area contributed by atoms with Gasteiger partial charge >= 0.3 is 0 Å². The number of amides is 1. The van der Waals surface area contributed by atoms with Crippen molar-refractivity contribution in [2.45, 2.75) is 30.8 Å². The average Bonchev–Trinajstić information content (AvgIpc) is 2.96. The van der Waals surface area contributed by atoms with Crippen LogP contribution in [0.25, 0.3) is 0 Å². The van der Waals surface area contributed by atoms with Crippen molar-refractivity contribution in [3.05, 3.63) is 59.2 Å². The Hall–Kier alpha value is -1.99. The van der Waals surface area contributed by atoms with Crippen molar-refractivity contribution in [3.8, 4) is 0 Å². The Morgan fingerprint density at radius 2 is 1.89 bits per heavy atom. The van der Waals surface area contributed by atoms with Gasteiger partial charge in [0.25, 0.3) is 5.91 Å². The predicted molar refractivity (Wildman–Crippen MR) is 111 cm³/mol. The monoisotopic (exact) mass is 404 g/mol. The quantitative estimate of drug-likeness (QED) is 0.717. The van der Waals surface area contributed by atoms with Crippen LogP contribution >= 0.6 is 11.8 Å². The highest BCUT2D eigenvalue weighted by Crippen LogP contribution is 2.34. The van der Waals surface area contributed by atoms with Gasteiger partial charge in [-0.25, -0.2) is 8.42 Å². The van der Waals surface area contributed by atoms with E-state index in [1.807, 2.05) is 31.4 Å². The fourth-order valence-corrected chi connectivity index (χ4v) is 5.21. The molecular weight excluding hydrogens is 380 g/mol. The van der Waals surface area contributed by atoms with Crippen LogP contribution in [0.3, 0.4) is 0 Å². The molecule has 2 aromatic carbocycles. The van der Waals surface area contributed by atoms with Crippen LogP contribution in [0.15, 0.2) is 47.4 Å². The number of hydrogen-bond acceptors (Lipinski definition) is 4. The molecule has 144 valence electrons. The van der Waals surface area contributed by atoms with Crippen LogP contribution in [0.1, 0.15) is 28.4 Å². The van der Waals surface area contributed by atoms with Crippen molar-refractivity contribution in [2.75, 3.05) is 23.9 Å². The van der Waals surface area contributed by atoms with E-state index in [0.29, 0.717) is 24.2 Å². The van der Waals surface area contributed by atoms with Crippen LogP contribution in [0.4, 0.5) is 5.69 Å². The Bertz CT molecular complexity index is 956. The van der Waals surface area contributed by atoms with Gasteiger partial charge < -0.3 is 4.90 Å². The smallest absolute Gasteiger partial charge is 0.253 e. The molecule has 0 fully saturated rings. The Kier molecular flexibility index (Phi) is 5.53. The van der Waals surface area contributed by atoms with Crippen molar-refractivity contribution in [2.24, 2.45) is 0 Å². The number of carbonyl (C=O) groups is 1. The number of fused-ring (bicyclic) bond motifs is 1. The fraction of sp³-hybridized carbons (Fsp3) is 0.350. The zero-order valence-corrected chi connectivity index (χ0v) is 17.6. The first kappa shape index (κ1) is 19.8. The molecule has 1 amide bonds. The summed E-state index contributed by atoms with van der Waals surface area (Å²) >= 11 is 1.69. The third-order valence-corrected chi connectivity index (χ3v) is 6.78. The summed E-state index contributed by atoms with van der Waals surface area (Å²) in [6.07, 6.45) is 3.86. The molecule has 1 aliphatic rings. The summed E-state index contributed by atoms with van der Waals surface area (Å²) in [4.78, 5) is 15.7. The van der Waals surface area contributed by atoms with E-state index < -0.39 is 10.0 Å². The molecular formula is C20H24N2O3S2. The number of nitrogens with zero attached hydrogens (tertiary/aromatic N) is 2. The van der Waals surface area contributed by atoms with E-state index in [1.165, 1.54) is 15.5 Å². The predicted octanol–water partition coefficient (Wildman–Crippen LogP) is 3.39. The highest BCUT2D eigenvalue weighted by Gasteiger charge is 2.33. The Balaban J connectivity index is 1.78. The van der Waals surface area contributed by atoms with E-state index in [-0.39, 0.29) is 11.9 Å². The molecule has 7 heteroatoms. The SMILES string of the molecule is CSc1ccc(CN(C)C(=O)c2ccc3c(c2)C[C@@H](C)N3S(C)(=O)=O)cc1. The van der Waals surface area contributed by atoms with Crippen LogP contribution in [-0.2, 0) is 23.0 Å². The average molecular weight is 405 g/mol. The normalized spacial score (nSPS) is 16.3. The van der Waals surface area contributed by atoms with Crippen LogP contribution in [0.2, 0.25) is 0 Å². The number of benzene rings is 2. The largest absolute Gasteiger partial charge is 0.337 e. The highest BCUT2D eigenvalue weighted by atomic mass is 32.2. The summed E-state index contributed by atoms with van der Waals surface area (Å²) in [5.74, 6) is -0.0720. The van der Waals surface area contributed by atoms with Gasteiger partial charge in [-0.15, -0.1) is 11.8 Å². The molecule has 0 bridgehead atoms. The van der Waals surface area contributed by atoms with Crippen molar-refractivity contribution in [1.82, 2.24) is 4.90 Å². The molecule has 27 heavy (non-hydrogen) atoms. The summed E-state index contributed by atoms with van der Waals surface area (Å²) < 4.78 is 25.5. The summed E-state index contributed by atoms with van der Waals surface area (Å²) in [5, 5.41) is 0. The first-order valence-corrected chi connectivity index (χ1v) is 11.8. The zero-order valence-electron chi connectivity index (χ0n) is 16.0. The van der Waals surface area contributed by atoms with E-state index in [9.17, 15) is 13.2 Å². The van der Waals surface area contributed by atoms with Crippen molar-refractivity contribution in [1.29, 1.82) is 0 Å². The van der Waals surface area contributed by atoms with E-state index in [4.69, 9.17) is 0 Å². The van der Waals surface area contributed by atoms with Gasteiger partial charge in [0.15, 0.2) is 0 Å². The molecule has 0 radical (unpaired) electrons. The molecule has 0 saturated carbocycles. The van der Waals surface area contributed by atoms with E-state index >= 15 is 0 Å². The number of thioether (sulfide) groups is 1. The Morgan fingerprint density at radius 1 is 1.22 bits per heavy atom. The van der Waals surface area contributed by atoms with Gasteiger partial charge in [-0.3, -0.25) is 9.10 Å². The summed E-state index contributed by atoms with van der Waals surface area (Å²) in [5.41, 5.74) is 3.23. The second-order valence-corrected chi connectivity index (χ2v) is 9.70. The van der Waals surface area contributed by atoms with Gasteiger partial charge in [0.2, 0.25) is 10.0 Å². The minimum Gasteiger partial charge on any atom is -0.337 e. The molecule has 0 spiro atoms. The first-order chi connectivity index (χ1) is 12.7. The minimum absolute atomic E-state index is 0.0720. The molecule has 5 nitrogen and oxygen atoms in total. The minimum atomic E-state index is -3.32. The second kappa shape index (κ2) is 7.56. The number of carbonyl (C=O) groups excluding carboxylic acids is 1. The van der Waals surface area contributed by atoms with E-state index in [0.717, 1.165) is 11.1 Å². The summed E-state index contributed by atoms with van der Waals surface area (Å²) in [7, 11) is -1.54. The van der Waals surface area contributed by atoms with Crippen LogP contribution in [0.5, 0.6) is 0 Å². The van der Waals surface area contributed by atoms with Gasteiger partial charge in [0, 0.05) is 30.1 Å². The van der Waals surface area contributed by atoms with Crippen molar-refractivity contribution in [3.63, 3.8) is 0 Å². The molecule has 0 N–H and O–H groups in total. The third-order valence-electron chi connectivity index (χ3n) is 4.76. The maximum absolute atomic E-state index is 12.8. The van der Waals surface area contributed by atoms with Gasteiger partial charge in [-0.2, -0.15) is 0 Å². The maximum Gasteiger partial charge on any atom is 0.253 e. The van der Waals surface area contributed by atoms with Crippen LogP contribution in [-0.4, -0.2) is 44.8 Å². The number of hydrogen-bond donors (Lipinski definition) is 0. The molecule has 0 aromatic heterocycles. The van der Waals surface area contributed by atoms with Gasteiger partial charge in [-0.05, 0) is 61.1 Å². The first-order valence-electron chi connectivity index (χ1n) is 8.71.